The Labute approximate surface area is 138 Å². The zero-order valence-electron chi connectivity index (χ0n) is 13.2. The number of nitro benzene ring substituents is 1. The van der Waals surface area contributed by atoms with Gasteiger partial charge in [0, 0.05) is 12.1 Å². The number of ether oxygens (including phenoxy) is 2. The standard InChI is InChI=1S/C17H16FNO5/c1-11(13-4-3-5-14(10-13)19(21)22)24-17(20)9-12-6-7-16(23-2)15(18)8-12/h3-8,10-11H,9H2,1-2H3/t11-/m1/s1. The highest BCUT2D eigenvalue weighted by Crippen LogP contribution is 2.23. The molecule has 0 saturated carbocycles. The molecule has 0 aliphatic carbocycles. The maximum absolute atomic E-state index is 13.6. The summed E-state index contributed by atoms with van der Waals surface area (Å²) in [6.07, 6.45) is -0.763. The van der Waals surface area contributed by atoms with Crippen molar-refractivity contribution in [1.29, 1.82) is 0 Å². The number of rotatable bonds is 6. The molecule has 2 aromatic rings. The van der Waals surface area contributed by atoms with Crippen LogP contribution in [0, 0.1) is 15.9 Å². The van der Waals surface area contributed by atoms with E-state index in [0.29, 0.717) is 11.1 Å². The number of nitrogens with zero attached hydrogens (tertiary/aromatic N) is 1. The van der Waals surface area contributed by atoms with Crippen molar-refractivity contribution in [2.75, 3.05) is 7.11 Å². The molecule has 0 fully saturated rings. The summed E-state index contributed by atoms with van der Waals surface area (Å²) in [5.41, 5.74) is 0.885. The van der Waals surface area contributed by atoms with Crippen molar-refractivity contribution in [1.82, 2.24) is 0 Å². The molecule has 6 nitrogen and oxygen atoms in total. The largest absolute Gasteiger partial charge is 0.494 e. The minimum atomic E-state index is -0.652. The van der Waals surface area contributed by atoms with Gasteiger partial charge in [0.25, 0.3) is 5.69 Å². The summed E-state index contributed by atoms with van der Waals surface area (Å²) in [6, 6.07) is 10.1. The van der Waals surface area contributed by atoms with Crippen LogP contribution < -0.4 is 4.74 Å². The number of nitro groups is 1. The van der Waals surface area contributed by atoms with Crippen molar-refractivity contribution in [3.05, 3.63) is 69.5 Å². The van der Waals surface area contributed by atoms with Crippen LogP contribution in [-0.4, -0.2) is 18.0 Å². The van der Waals surface area contributed by atoms with Gasteiger partial charge in [0.15, 0.2) is 11.6 Å². The Hall–Kier alpha value is -2.96. The Bertz CT molecular complexity index is 762. The Morgan fingerprint density at radius 3 is 2.67 bits per heavy atom. The van der Waals surface area contributed by atoms with Crippen LogP contribution in [0.1, 0.15) is 24.2 Å². The second-order valence-electron chi connectivity index (χ2n) is 5.13. The van der Waals surface area contributed by atoms with E-state index >= 15 is 0 Å². The number of carbonyl (C=O) groups is 1. The molecule has 0 saturated heterocycles. The van der Waals surface area contributed by atoms with Gasteiger partial charge < -0.3 is 9.47 Å². The second-order valence-corrected chi connectivity index (χ2v) is 5.13. The molecule has 0 aliphatic heterocycles. The van der Waals surface area contributed by atoms with E-state index in [9.17, 15) is 19.3 Å². The molecule has 1 atom stereocenters. The van der Waals surface area contributed by atoms with E-state index in [1.54, 1.807) is 19.1 Å². The van der Waals surface area contributed by atoms with Crippen molar-refractivity contribution < 1.29 is 23.6 Å². The first-order chi connectivity index (χ1) is 11.4. The molecule has 0 aliphatic rings. The molecule has 0 radical (unpaired) electrons. The highest BCUT2D eigenvalue weighted by molar-refractivity contribution is 5.73. The molecule has 0 amide bonds. The molecule has 2 aromatic carbocycles. The van der Waals surface area contributed by atoms with Crippen molar-refractivity contribution in [2.24, 2.45) is 0 Å². The van der Waals surface area contributed by atoms with Gasteiger partial charge in [0.05, 0.1) is 18.5 Å². The lowest BCUT2D eigenvalue weighted by Gasteiger charge is -2.13. The second kappa shape index (κ2) is 7.54. The molecule has 0 spiro atoms. The van der Waals surface area contributed by atoms with E-state index in [1.807, 2.05) is 0 Å². The number of halogens is 1. The number of hydrogen-bond acceptors (Lipinski definition) is 5. The zero-order chi connectivity index (χ0) is 17.7. The van der Waals surface area contributed by atoms with Gasteiger partial charge in [-0.25, -0.2) is 4.39 Å². The third-order valence-corrected chi connectivity index (χ3v) is 3.42. The van der Waals surface area contributed by atoms with Gasteiger partial charge >= 0.3 is 5.97 Å². The number of benzene rings is 2. The molecule has 7 heteroatoms. The normalized spacial score (nSPS) is 11.6. The lowest BCUT2D eigenvalue weighted by molar-refractivity contribution is -0.385. The first kappa shape index (κ1) is 17.4. The van der Waals surface area contributed by atoms with Crippen LogP contribution in [0.15, 0.2) is 42.5 Å². The van der Waals surface area contributed by atoms with Crippen LogP contribution in [-0.2, 0) is 16.0 Å². The van der Waals surface area contributed by atoms with Gasteiger partial charge in [0.2, 0.25) is 0 Å². The average molecular weight is 333 g/mol. The summed E-state index contributed by atoms with van der Waals surface area (Å²) in [5, 5.41) is 10.8. The maximum Gasteiger partial charge on any atom is 0.310 e. The van der Waals surface area contributed by atoms with Crippen LogP contribution >= 0.6 is 0 Å². The topological polar surface area (TPSA) is 78.7 Å². The number of methoxy groups -OCH3 is 1. The van der Waals surface area contributed by atoms with Gasteiger partial charge in [-0.1, -0.05) is 18.2 Å². The molecule has 0 heterocycles. The molecule has 24 heavy (non-hydrogen) atoms. The van der Waals surface area contributed by atoms with Crippen molar-refractivity contribution in [3.63, 3.8) is 0 Å². The molecular weight excluding hydrogens is 317 g/mol. The minimum absolute atomic E-state index is 0.0763. The first-order valence-electron chi connectivity index (χ1n) is 7.17. The van der Waals surface area contributed by atoms with Crippen molar-refractivity contribution in [3.8, 4) is 5.75 Å². The molecule has 0 N–H and O–H groups in total. The quantitative estimate of drug-likeness (QED) is 0.458. The summed E-state index contributed by atoms with van der Waals surface area (Å²) in [4.78, 5) is 22.2. The number of non-ortho nitro benzene ring substituents is 1. The Morgan fingerprint density at radius 1 is 1.29 bits per heavy atom. The summed E-state index contributed by atoms with van der Waals surface area (Å²) < 4.78 is 23.7. The van der Waals surface area contributed by atoms with Gasteiger partial charge in [0.1, 0.15) is 6.10 Å². The molecule has 2 rings (SSSR count). The predicted octanol–water partition coefficient (Wildman–Crippen LogP) is 3.59. The molecule has 0 aromatic heterocycles. The first-order valence-corrected chi connectivity index (χ1v) is 7.17. The molecular formula is C17H16FNO5. The fourth-order valence-electron chi connectivity index (χ4n) is 2.18. The Morgan fingerprint density at radius 2 is 2.04 bits per heavy atom. The van der Waals surface area contributed by atoms with Crippen LogP contribution in [0.2, 0.25) is 0 Å². The summed E-state index contributed by atoms with van der Waals surface area (Å²) in [6.45, 7) is 1.62. The summed E-state index contributed by atoms with van der Waals surface area (Å²) in [5.74, 6) is -1.02. The smallest absolute Gasteiger partial charge is 0.310 e. The van der Waals surface area contributed by atoms with E-state index in [4.69, 9.17) is 9.47 Å². The number of esters is 1. The monoisotopic (exact) mass is 333 g/mol. The van der Waals surface area contributed by atoms with Gasteiger partial charge in [-0.2, -0.15) is 0 Å². The van der Waals surface area contributed by atoms with E-state index < -0.39 is 22.8 Å². The zero-order valence-corrected chi connectivity index (χ0v) is 13.2. The Kier molecular flexibility index (Phi) is 5.47. The highest BCUT2D eigenvalue weighted by atomic mass is 19.1. The van der Waals surface area contributed by atoms with E-state index in [-0.39, 0.29) is 17.9 Å². The SMILES string of the molecule is COc1ccc(CC(=O)O[C@H](C)c2cccc([N+](=O)[O-])c2)cc1F. The Balaban J connectivity index is 2.02. The third-order valence-electron chi connectivity index (χ3n) is 3.42. The van der Waals surface area contributed by atoms with Gasteiger partial charge in [-0.05, 0) is 30.2 Å². The van der Waals surface area contributed by atoms with Crippen molar-refractivity contribution in [2.45, 2.75) is 19.4 Å². The van der Waals surface area contributed by atoms with Crippen LogP contribution in [0.5, 0.6) is 5.75 Å². The third kappa shape index (κ3) is 4.28. The predicted molar refractivity (Wildman–Crippen MR) is 84.3 cm³/mol. The van der Waals surface area contributed by atoms with Gasteiger partial charge in [-0.3, -0.25) is 14.9 Å². The number of hydrogen-bond donors (Lipinski definition) is 0. The van der Waals surface area contributed by atoms with Crippen molar-refractivity contribution >= 4 is 11.7 Å². The highest BCUT2D eigenvalue weighted by Gasteiger charge is 2.16. The summed E-state index contributed by atoms with van der Waals surface area (Å²) in [7, 11) is 1.35. The van der Waals surface area contributed by atoms with Gasteiger partial charge in [-0.15, -0.1) is 0 Å². The van der Waals surface area contributed by atoms with Crippen LogP contribution in [0.3, 0.4) is 0 Å². The average Bonchev–Trinajstić information content (AvgIpc) is 2.55. The van der Waals surface area contributed by atoms with E-state index in [1.165, 1.54) is 37.4 Å². The fraction of sp³-hybridized carbons (Fsp3) is 0.235. The number of carbonyl (C=O) groups excluding carboxylic acids is 1. The van der Waals surface area contributed by atoms with Crippen LogP contribution in [0.25, 0.3) is 0 Å². The van der Waals surface area contributed by atoms with E-state index in [2.05, 4.69) is 0 Å². The minimum Gasteiger partial charge on any atom is -0.494 e. The summed E-state index contributed by atoms with van der Waals surface area (Å²) >= 11 is 0. The molecule has 126 valence electrons. The lowest BCUT2D eigenvalue weighted by atomic mass is 10.1. The maximum atomic E-state index is 13.6. The molecule has 0 unspecified atom stereocenters. The van der Waals surface area contributed by atoms with E-state index in [0.717, 1.165) is 0 Å². The van der Waals surface area contributed by atoms with Crippen LogP contribution in [0.4, 0.5) is 10.1 Å². The lowest BCUT2D eigenvalue weighted by Crippen LogP contribution is -2.11. The molecule has 0 bridgehead atoms. The fourth-order valence-corrected chi connectivity index (χ4v) is 2.18.